The Bertz CT molecular complexity index is 726. The molecule has 1 N–H and O–H groups in total. The Morgan fingerprint density at radius 1 is 1.20 bits per heavy atom. The van der Waals surface area contributed by atoms with Gasteiger partial charge in [0.1, 0.15) is 0 Å². The van der Waals surface area contributed by atoms with E-state index in [4.69, 9.17) is 11.6 Å². The molecule has 0 aromatic heterocycles. The highest BCUT2D eigenvalue weighted by molar-refractivity contribution is 6.30. The van der Waals surface area contributed by atoms with Gasteiger partial charge in [-0.15, -0.1) is 0 Å². The highest BCUT2D eigenvalue weighted by Gasteiger charge is 2.46. The van der Waals surface area contributed by atoms with Crippen LogP contribution in [0.25, 0.3) is 0 Å². The summed E-state index contributed by atoms with van der Waals surface area (Å²) in [5, 5.41) is 3.21. The second kappa shape index (κ2) is 6.67. The molecule has 1 aromatic carbocycles. The number of hydrogen-bond donors (Lipinski definition) is 1. The highest BCUT2D eigenvalue weighted by atomic mass is 35.5. The van der Waals surface area contributed by atoms with Gasteiger partial charge in [0.2, 0.25) is 17.7 Å². The second-order valence-corrected chi connectivity index (χ2v) is 7.27. The maximum Gasteiger partial charge on any atom is 0.246 e. The zero-order valence-corrected chi connectivity index (χ0v) is 15.2. The van der Waals surface area contributed by atoms with E-state index in [0.717, 1.165) is 24.1 Å². The molecule has 1 aromatic rings. The number of carbonyl (C=O) groups is 3. The molecule has 0 unspecified atom stereocenters. The lowest BCUT2D eigenvalue weighted by Gasteiger charge is -2.39. The third-order valence-corrected chi connectivity index (χ3v) is 5.47. The number of fused-ring (bicyclic) bond motifs is 2. The molecule has 2 heterocycles. The molecule has 0 bridgehead atoms. The molecule has 1 fully saturated rings. The third-order valence-electron chi connectivity index (χ3n) is 5.24. The Balaban J connectivity index is 1.88. The number of hydrogen-bond acceptors (Lipinski definition) is 3. The van der Waals surface area contributed by atoms with Crippen molar-refractivity contribution in [2.75, 3.05) is 31.1 Å². The molecule has 0 radical (unpaired) electrons. The van der Waals surface area contributed by atoms with Gasteiger partial charge in [0.25, 0.3) is 0 Å². The molecular formula is C18H22ClN3O3. The summed E-state index contributed by atoms with van der Waals surface area (Å²) in [5.41, 5.74) is 1.74. The minimum absolute atomic E-state index is 0.0208. The Morgan fingerprint density at radius 3 is 2.48 bits per heavy atom. The van der Waals surface area contributed by atoms with Crippen molar-refractivity contribution in [3.63, 3.8) is 0 Å². The SMILES string of the molecule is CC(=O)NCC(=O)N1CC2(CCN(C(C)=O)CC2)c2cc(Cl)ccc21. The molecule has 134 valence electrons. The number of piperidine rings is 1. The average molecular weight is 364 g/mol. The van der Waals surface area contributed by atoms with Crippen LogP contribution in [0.2, 0.25) is 5.02 Å². The standard InChI is InChI=1S/C18H22ClN3O3/c1-12(23)20-10-17(25)22-11-18(5-7-21(8-6-18)13(2)24)15-9-14(19)3-4-16(15)22/h3-4,9H,5-8,10-11H2,1-2H3,(H,20,23). The molecule has 0 saturated carbocycles. The largest absolute Gasteiger partial charge is 0.347 e. The molecule has 2 aliphatic rings. The van der Waals surface area contributed by atoms with E-state index in [1.165, 1.54) is 6.92 Å². The van der Waals surface area contributed by atoms with Gasteiger partial charge in [-0.3, -0.25) is 14.4 Å². The first-order chi connectivity index (χ1) is 11.8. The quantitative estimate of drug-likeness (QED) is 0.869. The van der Waals surface area contributed by atoms with Crippen LogP contribution in [-0.4, -0.2) is 48.8 Å². The van der Waals surface area contributed by atoms with Gasteiger partial charge >= 0.3 is 0 Å². The van der Waals surface area contributed by atoms with E-state index in [2.05, 4.69) is 5.32 Å². The molecule has 3 amide bonds. The number of rotatable bonds is 2. The first-order valence-corrected chi connectivity index (χ1v) is 8.80. The molecular weight excluding hydrogens is 342 g/mol. The van der Waals surface area contributed by atoms with E-state index in [1.54, 1.807) is 17.9 Å². The summed E-state index contributed by atoms with van der Waals surface area (Å²) in [6, 6.07) is 5.59. The molecule has 1 saturated heterocycles. The average Bonchev–Trinajstić information content (AvgIpc) is 2.87. The summed E-state index contributed by atoms with van der Waals surface area (Å²) in [5.74, 6) is -0.282. The minimum atomic E-state index is -0.228. The molecule has 0 aliphatic carbocycles. The summed E-state index contributed by atoms with van der Waals surface area (Å²) < 4.78 is 0. The number of carbonyl (C=O) groups excluding carboxylic acids is 3. The van der Waals surface area contributed by atoms with Gasteiger partial charge in [0.15, 0.2) is 0 Å². The first kappa shape index (κ1) is 17.7. The minimum Gasteiger partial charge on any atom is -0.347 e. The lowest BCUT2D eigenvalue weighted by atomic mass is 9.74. The third kappa shape index (κ3) is 3.35. The van der Waals surface area contributed by atoms with Crippen molar-refractivity contribution in [2.45, 2.75) is 32.1 Å². The summed E-state index contributed by atoms with van der Waals surface area (Å²) in [6.07, 6.45) is 1.59. The van der Waals surface area contributed by atoms with Crippen LogP contribution in [0.3, 0.4) is 0 Å². The molecule has 1 spiro atoms. The topological polar surface area (TPSA) is 69.7 Å². The van der Waals surface area contributed by atoms with E-state index in [1.807, 2.05) is 17.0 Å². The van der Waals surface area contributed by atoms with Gasteiger partial charge < -0.3 is 15.1 Å². The maximum absolute atomic E-state index is 12.6. The predicted molar refractivity (Wildman–Crippen MR) is 95.7 cm³/mol. The number of anilines is 1. The van der Waals surface area contributed by atoms with Gasteiger partial charge in [-0.2, -0.15) is 0 Å². The zero-order valence-electron chi connectivity index (χ0n) is 14.5. The monoisotopic (exact) mass is 363 g/mol. The molecule has 25 heavy (non-hydrogen) atoms. The van der Waals surface area contributed by atoms with Crippen LogP contribution in [-0.2, 0) is 19.8 Å². The van der Waals surface area contributed by atoms with Crippen molar-refractivity contribution in [2.24, 2.45) is 0 Å². The summed E-state index contributed by atoms with van der Waals surface area (Å²) in [4.78, 5) is 38.9. The van der Waals surface area contributed by atoms with Crippen LogP contribution in [0.15, 0.2) is 18.2 Å². The summed E-state index contributed by atoms with van der Waals surface area (Å²) in [6.45, 7) is 4.87. The van der Waals surface area contributed by atoms with Crippen LogP contribution in [0.1, 0.15) is 32.3 Å². The van der Waals surface area contributed by atoms with E-state index < -0.39 is 0 Å². The van der Waals surface area contributed by atoms with Gasteiger partial charge in [0, 0.05) is 49.6 Å². The number of benzene rings is 1. The fraction of sp³-hybridized carbons (Fsp3) is 0.500. The fourth-order valence-electron chi connectivity index (χ4n) is 3.84. The maximum atomic E-state index is 12.6. The molecule has 7 heteroatoms. The number of halogens is 1. The summed E-state index contributed by atoms with van der Waals surface area (Å²) >= 11 is 6.21. The first-order valence-electron chi connectivity index (χ1n) is 8.43. The van der Waals surface area contributed by atoms with Crippen molar-refractivity contribution >= 4 is 35.0 Å². The van der Waals surface area contributed by atoms with E-state index in [0.29, 0.717) is 24.7 Å². The van der Waals surface area contributed by atoms with Gasteiger partial charge in [-0.1, -0.05) is 11.6 Å². The Hall–Kier alpha value is -2.08. The lowest BCUT2D eigenvalue weighted by Crippen LogP contribution is -2.48. The van der Waals surface area contributed by atoms with Crippen molar-refractivity contribution in [3.8, 4) is 0 Å². The van der Waals surface area contributed by atoms with Gasteiger partial charge in [-0.25, -0.2) is 0 Å². The predicted octanol–water partition coefficient (Wildman–Crippen LogP) is 1.70. The number of nitrogens with zero attached hydrogens (tertiary/aromatic N) is 2. The Labute approximate surface area is 152 Å². The van der Waals surface area contributed by atoms with E-state index in [9.17, 15) is 14.4 Å². The van der Waals surface area contributed by atoms with E-state index in [-0.39, 0.29) is 29.7 Å². The van der Waals surface area contributed by atoms with Crippen molar-refractivity contribution in [1.29, 1.82) is 0 Å². The van der Waals surface area contributed by atoms with Gasteiger partial charge in [-0.05, 0) is 36.6 Å². The molecule has 2 aliphatic heterocycles. The van der Waals surface area contributed by atoms with Crippen LogP contribution >= 0.6 is 11.6 Å². The molecule has 6 nitrogen and oxygen atoms in total. The summed E-state index contributed by atoms with van der Waals surface area (Å²) in [7, 11) is 0. The van der Waals surface area contributed by atoms with Crippen LogP contribution in [0.4, 0.5) is 5.69 Å². The van der Waals surface area contributed by atoms with Crippen LogP contribution in [0.5, 0.6) is 0 Å². The molecule has 0 atom stereocenters. The van der Waals surface area contributed by atoms with Crippen molar-refractivity contribution < 1.29 is 14.4 Å². The smallest absolute Gasteiger partial charge is 0.246 e. The van der Waals surface area contributed by atoms with Crippen LogP contribution < -0.4 is 10.2 Å². The highest BCUT2D eigenvalue weighted by Crippen LogP contribution is 2.47. The lowest BCUT2D eigenvalue weighted by molar-refractivity contribution is -0.130. The Kier molecular flexibility index (Phi) is 4.73. The van der Waals surface area contributed by atoms with Crippen molar-refractivity contribution in [1.82, 2.24) is 10.2 Å². The van der Waals surface area contributed by atoms with Crippen LogP contribution in [0, 0.1) is 0 Å². The normalized spacial score (nSPS) is 18.2. The van der Waals surface area contributed by atoms with E-state index >= 15 is 0 Å². The Morgan fingerprint density at radius 2 is 1.88 bits per heavy atom. The second-order valence-electron chi connectivity index (χ2n) is 6.84. The molecule has 3 rings (SSSR count). The zero-order chi connectivity index (χ0) is 18.2. The number of nitrogens with one attached hydrogen (secondary N) is 1. The van der Waals surface area contributed by atoms with Gasteiger partial charge in [0.05, 0.1) is 6.54 Å². The fourth-order valence-corrected chi connectivity index (χ4v) is 4.01. The van der Waals surface area contributed by atoms with Crippen molar-refractivity contribution in [3.05, 3.63) is 28.8 Å². The number of amides is 3. The number of likely N-dealkylation sites (tertiary alicyclic amines) is 1.